The van der Waals surface area contributed by atoms with Gasteiger partial charge in [-0.15, -0.1) is 11.8 Å². The Morgan fingerprint density at radius 1 is 1.11 bits per heavy atom. The minimum Gasteiger partial charge on any atom is -0.349 e. The number of benzene rings is 2. The first-order chi connectivity index (χ1) is 13.0. The van der Waals surface area contributed by atoms with Crippen LogP contribution in [0, 0.1) is 5.92 Å². The maximum atomic E-state index is 12.4. The van der Waals surface area contributed by atoms with E-state index in [0.717, 1.165) is 11.1 Å². The molecular weight excluding hydrogens is 356 g/mol. The molecule has 5 heteroatoms. The average Bonchev–Trinajstić information content (AvgIpc) is 3.03. The Morgan fingerprint density at radius 3 is 2.41 bits per heavy atom. The number of carbonyl (C=O) groups is 2. The molecule has 0 aromatic heterocycles. The van der Waals surface area contributed by atoms with Crippen LogP contribution in [0.5, 0.6) is 0 Å². The summed E-state index contributed by atoms with van der Waals surface area (Å²) >= 11 is 1.64. The van der Waals surface area contributed by atoms with E-state index in [4.69, 9.17) is 0 Å². The van der Waals surface area contributed by atoms with Crippen LogP contribution < -0.4 is 5.32 Å². The highest BCUT2D eigenvalue weighted by molar-refractivity contribution is 8.00. The van der Waals surface area contributed by atoms with Gasteiger partial charge in [0.15, 0.2) is 0 Å². The first-order valence-corrected chi connectivity index (χ1v) is 10.4. The lowest BCUT2D eigenvalue weighted by atomic mass is 10.1. The van der Waals surface area contributed by atoms with E-state index in [1.807, 2.05) is 66.4 Å². The van der Waals surface area contributed by atoms with Crippen LogP contribution in [-0.4, -0.2) is 28.5 Å². The molecule has 0 aliphatic carbocycles. The van der Waals surface area contributed by atoms with Gasteiger partial charge < -0.3 is 10.2 Å². The highest BCUT2D eigenvalue weighted by Gasteiger charge is 2.32. The van der Waals surface area contributed by atoms with Crippen LogP contribution in [0.2, 0.25) is 0 Å². The van der Waals surface area contributed by atoms with Crippen LogP contribution in [0.4, 0.5) is 0 Å². The van der Waals surface area contributed by atoms with E-state index in [-0.39, 0.29) is 23.2 Å². The Kier molecular flexibility index (Phi) is 6.22. The SMILES string of the molecule is CC(C)[C@H](C)NC(=O)c1ccc([C@H]2SCC(=O)N2Cc2ccccc2)cc1. The summed E-state index contributed by atoms with van der Waals surface area (Å²) < 4.78 is 0. The summed E-state index contributed by atoms with van der Waals surface area (Å²) in [6, 6.07) is 17.8. The average molecular weight is 383 g/mol. The van der Waals surface area contributed by atoms with Gasteiger partial charge in [-0.25, -0.2) is 0 Å². The van der Waals surface area contributed by atoms with Gasteiger partial charge in [-0.2, -0.15) is 0 Å². The molecule has 1 fully saturated rings. The maximum absolute atomic E-state index is 12.4. The predicted octanol–water partition coefficient (Wildman–Crippen LogP) is 4.24. The zero-order valence-corrected chi connectivity index (χ0v) is 16.8. The lowest BCUT2D eigenvalue weighted by molar-refractivity contribution is -0.128. The van der Waals surface area contributed by atoms with Gasteiger partial charge in [-0.3, -0.25) is 9.59 Å². The molecule has 1 heterocycles. The van der Waals surface area contributed by atoms with Crippen molar-refractivity contribution in [2.45, 2.75) is 38.7 Å². The zero-order valence-electron chi connectivity index (χ0n) is 16.0. The number of hydrogen-bond acceptors (Lipinski definition) is 3. The van der Waals surface area contributed by atoms with E-state index in [1.165, 1.54) is 0 Å². The topological polar surface area (TPSA) is 49.4 Å². The van der Waals surface area contributed by atoms with E-state index < -0.39 is 0 Å². The molecule has 2 aromatic rings. The molecule has 1 saturated heterocycles. The van der Waals surface area contributed by atoms with Crippen molar-refractivity contribution >= 4 is 23.6 Å². The third-order valence-corrected chi connectivity index (χ3v) is 6.24. The number of amides is 2. The molecule has 1 aliphatic heterocycles. The summed E-state index contributed by atoms with van der Waals surface area (Å²) in [5.41, 5.74) is 2.82. The number of carbonyl (C=O) groups excluding carboxylic acids is 2. The number of rotatable bonds is 6. The zero-order chi connectivity index (χ0) is 19.4. The van der Waals surface area contributed by atoms with Gasteiger partial charge in [0.25, 0.3) is 5.91 Å². The van der Waals surface area contributed by atoms with Crippen molar-refractivity contribution in [1.82, 2.24) is 10.2 Å². The molecular formula is C22H26N2O2S. The first kappa shape index (κ1) is 19.5. The number of thioether (sulfide) groups is 1. The fourth-order valence-corrected chi connectivity index (χ4v) is 4.13. The summed E-state index contributed by atoms with van der Waals surface area (Å²) in [6.07, 6.45) is 0. The summed E-state index contributed by atoms with van der Waals surface area (Å²) in [7, 11) is 0. The van der Waals surface area contributed by atoms with Gasteiger partial charge in [0.1, 0.15) is 5.37 Å². The van der Waals surface area contributed by atoms with Gasteiger partial charge >= 0.3 is 0 Å². The Labute approximate surface area is 165 Å². The van der Waals surface area contributed by atoms with Crippen LogP contribution in [-0.2, 0) is 11.3 Å². The van der Waals surface area contributed by atoms with E-state index in [2.05, 4.69) is 19.2 Å². The Bertz CT molecular complexity index is 790. The van der Waals surface area contributed by atoms with Crippen molar-refractivity contribution in [1.29, 1.82) is 0 Å². The van der Waals surface area contributed by atoms with E-state index in [9.17, 15) is 9.59 Å². The highest BCUT2D eigenvalue weighted by Crippen LogP contribution is 2.39. The molecule has 2 aromatic carbocycles. The second kappa shape index (κ2) is 8.61. The van der Waals surface area contributed by atoms with Gasteiger partial charge in [-0.05, 0) is 36.1 Å². The van der Waals surface area contributed by atoms with Crippen molar-refractivity contribution in [3.63, 3.8) is 0 Å². The smallest absolute Gasteiger partial charge is 0.251 e. The standard InChI is InChI=1S/C22H26N2O2S/c1-15(2)16(3)23-21(26)18-9-11-19(12-10-18)22-24(20(25)14-27-22)13-17-7-5-4-6-8-17/h4-12,15-16,22H,13-14H2,1-3H3,(H,23,26)/t16-,22+/m0/s1. The second-order valence-corrected chi connectivity index (χ2v) is 8.37. The van der Waals surface area contributed by atoms with Crippen molar-refractivity contribution in [2.75, 3.05) is 5.75 Å². The van der Waals surface area contributed by atoms with Crippen molar-refractivity contribution in [3.8, 4) is 0 Å². The van der Waals surface area contributed by atoms with Crippen LogP contribution in [0.15, 0.2) is 54.6 Å². The van der Waals surface area contributed by atoms with Gasteiger partial charge in [0, 0.05) is 18.2 Å². The third kappa shape index (κ3) is 4.72. The Balaban J connectivity index is 1.71. The molecule has 1 N–H and O–H groups in total. The summed E-state index contributed by atoms with van der Waals surface area (Å²) in [5.74, 6) is 0.979. The van der Waals surface area contributed by atoms with E-state index in [1.54, 1.807) is 11.8 Å². The summed E-state index contributed by atoms with van der Waals surface area (Å²) in [5, 5.41) is 3.01. The molecule has 142 valence electrons. The molecule has 0 radical (unpaired) electrons. The molecule has 2 amide bonds. The van der Waals surface area contributed by atoms with Crippen LogP contribution >= 0.6 is 11.8 Å². The number of hydrogen-bond donors (Lipinski definition) is 1. The molecule has 4 nitrogen and oxygen atoms in total. The summed E-state index contributed by atoms with van der Waals surface area (Å²) in [4.78, 5) is 26.6. The minimum atomic E-state index is -0.0564. The molecule has 0 saturated carbocycles. The number of nitrogens with one attached hydrogen (secondary N) is 1. The number of nitrogens with zero attached hydrogens (tertiary/aromatic N) is 1. The highest BCUT2D eigenvalue weighted by atomic mass is 32.2. The van der Waals surface area contributed by atoms with E-state index in [0.29, 0.717) is 23.8 Å². The predicted molar refractivity (Wildman–Crippen MR) is 110 cm³/mol. The monoisotopic (exact) mass is 382 g/mol. The van der Waals surface area contributed by atoms with Crippen molar-refractivity contribution in [2.24, 2.45) is 5.92 Å². The normalized spacial score (nSPS) is 18.0. The van der Waals surface area contributed by atoms with Gasteiger partial charge in [0.05, 0.1) is 5.75 Å². The fourth-order valence-electron chi connectivity index (χ4n) is 2.94. The quantitative estimate of drug-likeness (QED) is 0.813. The molecule has 0 unspecified atom stereocenters. The lowest BCUT2D eigenvalue weighted by Gasteiger charge is -2.24. The Morgan fingerprint density at radius 2 is 1.78 bits per heavy atom. The first-order valence-electron chi connectivity index (χ1n) is 9.31. The second-order valence-electron chi connectivity index (χ2n) is 7.30. The molecule has 1 aliphatic rings. The van der Waals surface area contributed by atoms with Crippen molar-refractivity contribution < 1.29 is 9.59 Å². The lowest BCUT2D eigenvalue weighted by Crippen LogP contribution is -2.36. The van der Waals surface area contributed by atoms with Crippen LogP contribution in [0.1, 0.15) is 47.6 Å². The largest absolute Gasteiger partial charge is 0.349 e. The van der Waals surface area contributed by atoms with Crippen LogP contribution in [0.25, 0.3) is 0 Å². The fraction of sp³-hybridized carbons (Fsp3) is 0.364. The molecule has 3 rings (SSSR count). The summed E-state index contributed by atoms with van der Waals surface area (Å²) in [6.45, 7) is 6.79. The maximum Gasteiger partial charge on any atom is 0.251 e. The minimum absolute atomic E-state index is 0.00981. The molecule has 0 bridgehead atoms. The third-order valence-electron chi connectivity index (χ3n) is 4.98. The molecule has 2 atom stereocenters. The van der Waals surface area contributed by atoms with Gasteiger partial charge in [0.2, 0.25) is 5.91 Å². The molecule has 27 heavy (non-hydrogen) atoms. The van der Waals surface area contributed by atoms with Gasteiger partial charge in [-0.1, -0.05) is 56.3 Å². The molecule has 0 spiro atoms. The van der Waals surface area contributed by atoms with Crippen molar-refractivity contribution in [3.05, 3.63) is 71.3 Å². The van der Waals surface area contributed by atoms with Crippen LogP contribution in [0.3, 0.4) is 0 Å². The van der Waals surface area contributed by atoms with E-state index >= 15 is 0 Å². The Hall–Kier alpha value is -2.27.